The monoisotopic (exact) mass is 164 g/mol. The Morgan fingerprint density at radius 3 is 1.17 bits per heavy atom. The first-order chi connectivity index (χ1) is 5.64. The van der Waals surface area contributed by atoms with Crippen molar-refractivity contribution in [3.05, 3.63) is 0 Å². The zero-order valence-electron chi connectivity index (χ0n) is 8.62. The minimum Gasteiger partial charge on any atom is -0.0620 e. The van der Waals surface area contributed by atoms with E-state index in [-0.39, 0.29) is 0 Å². The smallest absolute Gasteiger partial charge is 0.0313 e. The lowest BCUT2D eigenvalue weighted by molar-refractivity contribution is -0.162. The molecule has 0 nitrogen and oxygen atoms in total. The highest BCUT2D eigenvalue weighted by atomic mass is 14.7. The van der Waals surface area contributed by atoms with Crippen LogP contribution < -0.4 is 0 Å². The van der Waals surface area contributed by atoms with E-state index in [9.17, 15) is 0 Å². The maximum absolute atomic E-state index is 2.49. The molecule has 3 saturated carbocycles. The molecule has 68 valence electrons. The van der Waals surface area contributed by atoms with Crippen LogP contribution in [-0.4, -0.2) is 0 Å². The van der Waals surface area contributed by atoms with Gasteiger partial charge in [0.25, 0.3) is 0 Å². The topological polar surface area (TPSA) is 0 Å². The number of hydrogen-bond acceptors (Lipinski definition) is 0. The standard InChI is InChI=1S/C12H20/c1-5-6(2)10-8(4)11-7(3)9(5)12(10)11/h5-12H,1-4H3. The first-order valence-corrected chi connectivity index (χ1v) is 5.64. The number of hydrogen-bond donors (Lipinski definition) is 0. The van der Waals surface area contributed by atoms with Crippen molar-refractivity contribution in [2.24, 2.45) is 47.3 Å². The molecular formula is C12H20. The van der Waals surface area contributed by atoms with E-state index >= 15 is 0 Å². The van der Waals surface area contributed by atoms with Crippen LogP contribution in [0.15, 0.2) is 0 Å². The van der Waals surface area contributed by atoms with Crippen molar-refractivity contribution in [2.75, 3.05) is 0 Å². The third-order valence-corrected chi connectivity index (χ3v) is 5.81. The van der Waals surface area contributed by atoms with Gasteiger partial charge >= 0.3 is 0 Å². The fourth-order valence-electron chi connectivity index (χ4n) is 5.23. The molecule has 0 spiro atoms. The van der Waals surface area contributed by atoms with Crippen molar-refractivity contribution in [3.63, 3.8) is 0 Å². The summed E-state index contributed by atoms with van der Waals surface area (Å²) in [6.07, 6.45) is 0. The van der Waals surface area contributed by atoms with Crippen LogP contribution in [0.4, 0.5) is 0 Å². The van der Waals surface area contributed by atoms with Gasteiger partial charge in [0.15, 0.2) is 0 Å². The summed E-state index contributed by atoms with van der Waals surface area (Å²) in [6.45, 7) is 9.97. The van der Waals surface area contributed by atoms with Crippen molar-refractivity contribution < 1.29 is 0 Å². The maximum atomic E-state index is 2.49. The van der Waals surface area contributed by atoms with Gasteiger partial charge in [-0.2, -0.15) is 0 Å². The fourth-order valence-corrected chi connectivity index (χ4v) is 5.23. The molecule has 3 fully saturated rings. The summed E-state index contributed by atoms with van der Waals surface area (Å²) in [5, 5.41) is 0. The van der Waals surface area contributed by atoms with Gasteiger partial charge in [0.1, 0.15) is 0 Å². The lowest BCUT2D eigenvalue weighted by Gasteiger charge is -2.63. The molecule has 6 unspecified atom stereocenters. The second-order valence-corrected chi connectivity index (χ2v) is 5.75. The van der Waals surface area contributed by atoms with Crippen molar-refractivity contribution in [1.29, 1.82) is 0 Å². The quantitative estimate of drug-likeness (QED) is 0.516. The van der Waals surface area contributed by atoms with Crippen LogP contribution in [0.25, 0.3) is 0 Å². The van der Waals surface area contributed by atoms with Gasteiger partial charge in [0.2, 0.25) is 0 Å². The predicted molar refractivity (Wildman–Crippen MR) is 50.6 cm³/mol. The summed E-state index contributed by atoms with van der Waals surface area (Å²) in [5.74, 6) is 8.69. The molecule has 0 radical (unpaired) electrons. The Morgan fingerprint density at radius 2 is 0.750 bits per heavy atom. The van der Waals surface area contributed by atoms with Gasteiger partial charge < -0.3 is 0 Å². The minimum absolute atomic E-state index is 1.02. The molecule has 0 bridgehead atoms. The van der Waals surface area contributed by atoms with Gasteiger partial charge in [-0.15, -0.1) is 0 Å². The van der Waals surface area contributed by atoms with E-state index in [0.717, 1.165) is 41.4 Å². The van der Waals surface area contributed by atoms with Crippen LogP contribution in [0.3, 0.4) is 0 Å². The normalized spacial score (nSPS) is 73.0. The fraction of sp³-hybridized carbons (Fsp3) is 1.00. The molecule has 0 amide bonds. The second kappa shape index (κ2) is 1.91. The Morgan fingerprint density at radius 1 is 0.417 bits per heavy atom. The average Bonchev–Trinajstić information content (AvgIpc) is 2.14. The molecule has 0 aliphatic heterocycles. The first-order valence-electron chi connectivity index (χ1n) is 5.64. The molecule has 0 aromatic heterocycles. The van der Waals surface area contributed by atoms with Crippen LogP contribution in [0.1, 0.15) is 27.7 Å². The van der Waals surface area contributed by atoms with E-state index in [0.29, 0.717) is 0 Å². The van der Waals surface area contributed by atoms with Gasteiger partial charge in [0.05, 0.1) is 0 Å². The highest BCUT2D eigenvalue weighted by molar-refractivity contribution is 5.17. The molecular weight excluding hydrogens is 144 g/mol. The first kappa shape index (κ1) is 7.41. The molecule has 6 atom stereocenters. The highest BCUT2D eigenvalue weighted by Crippen LogP contribution is 2.74. The van der Waals surface area contributed by atoms with Crippen LogP contribution in [0.5, 0.6) is 0 Å². The average molecular weight is 164 g/mol. The highest BCUT2D eigenvalue weighted by Gasteiger charge is 2.70. The van der Waals surface area contributed by atoms with E-state index in [2.05, 4.69) is 27.7 Å². The van der Waals surface area contributed by atoms with Crippen LogP contribution >= 0.6 is 0 Å². The summed E-state index contributed by atoms with van der Waals surface area (Å²) in [6, 6.07) is 0. The summed E-state index contributed by atoms with van der Waals surface area (Å²) < 4.78 is 0. The summed E-state index contributed by atoms with van der Waals surface area (Å²) in [5.41, 5.74) is 0. The lowest BCUT2D eigenvalue weighted by Crippen LogP contribution is -2.59. The molecule has 3 aliphatic rings. The largest absolute Gasteiger partial charge is 0.0620 e. The van der Waals surface area contributed by atoms with Crippen molar-refractivity contribution in [1.82, 2.24) is 0 Å². The second-order valence-electron chi connectivity index (χ2n) is 5.75. The zero-order chi connectivity index (χ0) is 8.62. The lowest BCUT2D eigenvalue weighted by atomic mass is 9.41. The van der Waals surface area contributed by atoms with Gasteiger partial charge in [-0.1, -0.05) is 27.7 Å². The Hall–Kier alpha value is 0. The molecule has 0 heterocycles. The molecule has 0 saturated heterocycles. The van der Waals surface area contributed by atoms with Crippen LogP contribution in [0, 0.1) is 47.3 Å². The van der Waals surface area contributed by atoms with Gasteiger partial charge in [0, 0.05) is 0 Å². The Balaban J connectivity index is 1.95. The SMILES string of the molecule is CC1C(C)C2C(C)C3C(C)C1C23. The Bertz CT molecular complexity index is 198. The third-order valence-electron chi connectivity index (χ3n) is 5.81. The Kier molecular flexibility index (Phi) is 1.18. The zero-order valence-corrected chi connectivity index (χ0v) is 8.62. The molecule has 0 aromatic carbocycles. The summed E-state index contributed by atoms with van der Waals surface area (Å²) in [7, 11) is 0. The van der Waals surface area contributed by atoms with E-state index in [4.69, 9.17) is 0 Å². The minimum atomic E-state index is 1.02. The van der Waals surface area contributed by atoms with E-state index in [1.807, 2.05) is 0 Å². The van der Waals surface area contributed by atoms with E-state index < -0.39 is 0 Å². The molecule has 3 rings (SSSR count). The van der Waals surface area contributed by atoms with Crippen molar-refractivity contribution in [3.8, 4) is 0 Å². The molecule has 0 N–H and O–H groups in total. The maximum Gasteiger partial charge on any atom is -0.0313 e. The van der Waals surface area contributed by atoms with E-state index in [1.54, 1.807) is 0 Å². The molecule has 12 heavy (non-hydrogen) atoms. The predicted octanol–water partition coefficient (Wildman–Crippen LogP) is 3.04. The molecule has 3 aliphatic carbocycles. The molecule has 0 aromatic rings. The van der Waals surface area contributed by atoms with Gasteiger partial charge in [-0.3, -0.25) is 0 Å². The van der Waals surface area contributed by atoms with Crippen molar-refractivity contribution >= 4 is 0 Å². The number of rotatable bonds is 0. The van der Waals surface area contributed by atoms with Crippen LogP contribution in [-0.2, 0) is 0 Å². The van der Waals surface area contributed by atoms with E-state index in [1.165, 1.54) is 5.92 Å². The van der Waals surface area contributed by atoms with Gasteiger partial charge in [-0.05, 0) is 47.3 Å². The Labute approximate surface area is 75.7 Å². The van der Waals surface area contributed by atoms with Crippen LogP contribution in [0.2, 0.25) is 0 Å². The summed E-state index contributed by atoms with van der Waals surface area (Å²) >= 11 is 0. The van der Waals surface area contributed by atoms with Crippen molar-refractivity contribution in [2.45, 2.75) is 27.7 Å². The summed E-state index contributed by atoms with van der Waals surface area (Å²) in [4.78, 5) is 0. The molecule has 0 heteroatoms. The third kappa shape index (κ3) is 0.506. The van der Waals surface area contributed by atoms with Gasteiger partial charge in [-0.25, -0.2) is 0 Å².